The number of thiophene rings is 1. The Hall–Kier alpha value is -1.65. The minimum Gasteiger partial charge on any atom is -0.351 e. The Labute approximate surface area is 148 Å². The van der Waals surface area contributed by atoms with Crippen LogP contribution in [-0.4, -0.2) is 30.9 Å². The van der Waals surface area contributed by atoms with Crippen molar-refractivity contribution in [2.75, 3.05) is 20.1 Å². The van der Waals surface area contributed by atoms with Crippen LogP contribution in [0.25, 0.3) is 0 Å². The molecule has 0 atom stereocenters. The Morgan fingerprint density at radius 3 is 2.79 bits per heavy atom. The first-order valence-electron chi connectivity index (χ1n) is 8.84. The van der Waals surface area contributed by atoms with Crippen molar-refractivity contribution in [1.29, 1.82) is 0 Å². The number of benzene rings is 1. The molecule has 24 heavy (non-hydrogen) atoms. The lowest BCUT2D eigenvalue weighted by Gasteiger charge is -2.16. The molecular weight excluding hydrogens is 316 g/mol. The van der Waals surface area contributed by atoms with E-state index in [0.717, 1.165) is 43.8 Å². The Kier molecular flexibility index (Phi) is 6.05. The number of amides is 1. The standard InChI is InChI=1S/C20H26N2OS/c1-22(15-16-8-3-2-4-9-16)13-7-12-21-20(23)19-14-17-10-5-6-11-18(17)24-19/h2-4,8-9,14H,5-7,10-13,15H2,1H3,(H,21,23). The summed E-state index contributed by atoms with van der Waals surface area (Å²) in [7, 11) is 2.13. The van der Waals surface area contributed by atoms with Crippen molar-refractivity contribution < 1.29 is 4.79 Å². The third-order valence-electron chi connectivity index (χ3n) is 4.52. The van der Waals surface area contributed by atoms with Crippen LogP contribution in [0.5, 0.6) is 0 Å². The Morgan fingerprint density at radius 2 is 2.00 bits per heavy atom. The van der Waals surface area contributed by atoms with Gasteiger partial charge < -0.3 is 10.2 Å². The lowest BCUT2D eigenvalue weighted by molar-refractivity contribution is 0.0956. The molecule has 0 bridgehead atoms. The summed E-state index contributed by atoms with van der Waals surface area (Å²) in [6, 6.07) is 12.6. The number of rotatable bonds is 7. The van der Waals surface area contributed by atoms with E-state index in [1.807, 2.05) is 6.07 Å². The number of aryl methyl sites for hydroxylation is 2. The zero-order valence-electron chi connectivity index (χ0n) is 14.4. The van der Waals surface area contributed by atoms with Gasteiger partial charge in [0.25, 0.3) is 5.91 Å². The van der Waals surface area contributed by atoms with Crippen molar-refractivity contribution in [3.05, 3.63) is 57.3 Å². The van der Waals surface area contributed by atoms with Gasteiger partial charge in [0.15, 0.2) is 0 Å². The zero-order chi connectivity index (χ0) is 16.8. The molecule has 0 aliphatic heterocycles. The van der Waals surface area contributed by atoms with E-state index < -0.39 is 0 Å². The van der Waals surface area contributed by atoms with E-state index in [1.54, 1.807) is 11.3 Å². The molecule has 0 fully saturated rings. The minimum atomic E-state index is 0.0973. The molecule has 0 saturated heterocycles. The second kappa shape index (κ2) is 8.45. The van der Waals surface area contributed by atoms with E-state index in [0.29, 0.717) is 0 Å². The van der Waals surface area contributed by atoms with Crippen LogP contribution in [0.4, 0.5) is 0 Å². The second-order valence-corrected chi connectivity index (χ2v) is 7.74. The van der Waals surface area contributed by atoms with Crippen LogP contribution in [0.2, 0.25) is 0 Å². The van der Waals surface area contributed by atoms with E-state index in [-0.39, 0.29) is 5.91 Å². The maximum atomic E-state index is 12.3. The van der Waals surface area contributed by atoms with Gasteiger partial charge in [0, 0.05) is 18.0 Å². The zero-order valence-corrected chi connectivity index (χ0v) is 15.2. The van der Waals surface area contributed by atoms with Crippen LogP contribution in [0.1, 0.15) is 44.9 Å². The average Bonchev–Trinajstić information content (AvgIpc) is 3.04. The molecule has 1 heterocycles. The highest BCUT2D eigenvalue weighted by Gasteiger charge is 2.16. The van der Waals surface area contributed by atoms with Crippen molar-refractivity contribution in [2.24, 2.45) is 0 Å². The SMILES string of the molecule is CN(CCCNC(=O)c1cc2c(s1)CCCC2)Cc1ccccc1. The Morgan fingerprint density at radius 1 is 1.21 bits per heavy atom. The fourth-order valence-corrected chi connectivity index (χ4v) is 4.38. The third kappa shape index (κ3) is 4.68. The molecule has 1 aromatic heterocycles. The molecule has 3 rings (SSSR count). The van der Waals surface area contributed by atoms with Crippen LogP contribution in [0, 0.1) is 0 Å². The van der Waals surface area contributed by atoms with Crippen LogP contribution in [-0.2, 0) is 19.4 Å². The molecule has 4 heteroatoms. The molecule has 1 amide bonds. The van der Waals surface area contributed by atoms with Crippen LogP contribution in [0.3, 0.4) is 0 Å². The average molecular weight is 343 g/mol. The molecule has 0 unspecified atom stereocenters. The van der Waals surface area contributed by atoms with E-state index in [1.165, 1.54) is 28.8 Å². The number of nitrogens with one attached hydrogen (secondary N) is 1. The van der Waals surface area contributed by atoms with Gasteiger partial charge in [0.05, 0.1) is 4.88 Å². The lowest BCUT2D eigenvalue weighted by atomic mass is 9.99. The predicted octanol–water partition coefficient (Wildman–Crippen LogP) is 3.88. The van der Waals surface area contributed by atoms with Gasteiger partial charge in [0.2, 0.25) is 0 Å². The summed E-state index contributed by atoms with van der Waals surface area (Å²) in [5.41, 5.74) is 2.73. The topological polar surface area (TPSA) is 32.3 Å². The maximum absolute atomic E-state index is 12.3. The van der Waals surface area contributed by atoms with Gasteiger partial charge in [-0.2, -0.15) is 0 Å². The first-order valence-corrected chi connectivity index (χ1v) is 9.66. The van der Waals surface area contributed by atoms with Crippen molar-refractivity contribution >= 4 is 17.2 Å². The number of fused-ring (bicyclic) bond motifs is 1. The normalized spacial score (nSPS) is 13.8. The van der Waals surface area contributed by atoms with Gasteiger partial charge in [-0.1, -0.05) is 30.3 Å². The van der Waals surface area contributed by atoms with Gasteiger partial charge >= 0.3 is 0 Å². The number of hydrogen-bond donors (Lipinski definition) is 1. The molecule has 1 N–H and O–H groups in total. The number of nitrogens with zero attached hydrogens (tertiary/aromatic N) is 1. The van der Waals surface area contributed by atoms with E-state index >= 15 is 0 Å². The summed E-state index contributed by atoms with van der Waals surface area (Å²) >= 11 is 1.69. The molecule has 0 saturated carbocycles. The fourth-order valence-electron chi connectivity index (χ4n) is 3.21. The Bertz CT molecular complexity index is 642. The van der Waals surface area contributed by atoms with Crippen molar-refractivity contribution in [3.8, 4) is 0 Å². The monoisotopic (exact) mass is 342 g/mol. The van der Waals surface area contributed by atoms with Gasteiger partial charge in [-0.15, -0.1) is 11.3 Å². The van der Waals surface area contributed by atoms with E-state index in [4.69, 9.17) is 0 Å². The molecule has 3 nitrogen and oxygen atoms in total. The highest BCUT2D eigenvalue weighted by molar-refractivity contribution is 7.14. The summed E-state index contributed by atoms with van der Waals surface area (Å²) in [4.78, 5) is 16.9. The van der Waals surface area contributed by atoms with Crippen LogP contribution < -0.4 is 5.32 Å². The predicted molar refractivity (Wildman–Crippen MR) is 101 cm³/mol. The molecule has 1 aliphatic carbocycles. The van der Waals surface area contributed by atoms with Gasteiger partial charge in [-0.3, -0.25) is 4.79 Å². The minimum absolute atomic E-state index is 0.0973. The quantitative estimate of drug-likeness (QED) is 0.775. The summed E-state index contributed by atoms with van der Waals surface area (Å²) < 4.78 is 0. The fraction of sp³-hybridized carbons (Fsp3) is 0.450. The molecule has 0 spiro atoms. The van der Waals surface area contributed by atoms with Crippen LogP contribution >= 0.6 is 11.3 Å². The first kappa shape index (κ1) is 17.2. The molecular formula is C20H26N2OS. The van der Waals surface area contributed by atoms with Gasteiger partial charge in [0.1, 0.15) is 0 Å². The van der Waals surface area contributed by atoms with Crippen molar-refractivity contribution in [2.45, 2.75) is 38.6 Å². The summed E-state index contributed by atoms with van der Waals surface area (Å²) in [6.45, 7) is 2.67. The summed E-state index contributed by atoms with van der Waals surface area (Å²) in [6.07, 6.45) is 5.79. The summed E-state index contributed by atoms with van der Waals surface area (Å²) in [5.74, 6) is 0.0973. The number of carbonyl (C=O) groups excluding carboxylic acids is 1. The second-order valence-electron chi connectivity index (χ2n) is 6.60. The van der Waals surface area contributed by atoms with Crippen molar-refractivity contribution in [3.63, 3.8) is 0 Å². The molecule has 1 aromatic carbocycles. The highest BCUT2D eigenvalue weighted by atomic mass is 32.1. The molecule has 128 valence electrons. The molecule has 1 aliphatic rings. The molecule has 2 aromatic rings. The van der Waals surface area contributed by atoms with Gasteiger partial charge in [-0.05, 0) is 62.9 Å². The van der Waals surface area contributed by atoms with E-state index in [9.17, 15) is 4.79 Å². The summed E-state index contributed by atoms with van der Waals surface area (Å²) in [5, 5.41) is 3.07. The highest BCUT2D eigenvalue weighted by Crippen LogP contribution is 2.29. The molecule has 0 radical (unpaired) electrons. The maximum Gasteiger partial charge on any atom is 0.261 e. The van der Waals surface area contributed by atoms with Gasteiger partial charge in [-0.25, -0.2) is 0 Å². The largest absolute Gasteiger partial charge is 0.351 e. The first-order chi connectivity index (χ1) is 11.7. The number of hydrogen-bond acceptors (Lipinski definition) is 3. The van der Waals surface area contributed by atoms with Crippen LogP contribution in [0.15, 0.2) is 36.4 Å². The van der Waals surface area contributed by atoms with Crippen molar-refractivity contribution in [1.82, 2.24) is 10.2 Å². The number of carbonyl (C=O) groups is 1. The Balaban J connectivity index is 1.38. The third-order valence-corrected chi connectivity index (χ3v) is 5.75. The lowest BCUT2D eigenvalue weighted by Crippen LogP contribution is -2.27. The smallest absolute Gasteiger partial charge is 0.261 e. The van der Waals surface area contributed by atoms with E-state index in [2.05, 4.69) is 47.6 Å².